The molecule has 0 saturated carbocycles. The van der Waals surface area contributed by atoms with Gasteiger partial charge in [-0.3, -0.25) is 20.2 Å². The van der Waals surface area contributed by atoms with E-state index in [1.165, 1.54) is 11.1 Å². The van der Waals surface area contributed by atoms with Gasteiger partial charge in [-0.15, -0.1) is 22.7 Å². The third-order valence-electron chi connectivity index (χ3n) is 5.85. The van der Waals surface area contributed by atoms with Gasteiger partial charge >= 0.3 is 12.1 Å². The molecule has 0 bridgehead atoms. The number of aryl methyl sites for hydroxylation is 2. The van der Waals surface area contributed by atoms with Crippen molar-refractivity contribution in [1.82, 2.24) is 0 Å². The number of carbonyl (C=O) groups is 4. The first kappa shape index (κ1) is 32.9. The highest BCUT2D eigenvalue weighted by Gasteiger charge is 2.15. The summed E-state index contributed by atoms with van der Waals surface area (Å²) in [5.74, 6) is 10.7. The van der Waals surface area contributed by atoms with Crippen LogP contribution in [-0.2, 0) is 12.8 Å². The normalized spacial score (nSPS) is 9.68. The van der Waals surface area contributed by atoms with Crippen molar-refractivity contribution >= 4 is 56.6 Å². The van der Waals surface area contributed by atoms with Gasteiger partial charge in [-0.25, -0.2) is 9.59 Å². The predicted molar refractivity (Wildman–Crippen MR) is 176 cm³/mol. The van der Waals surface area contributed by atoms with Crippen LogP contribution in [0.2, 0.25) is 0 Å². The number of nitrogens with two attached hydrogens (primary N) is 4. The highest BCUT2D eigenvalue weighted by Crippen LogP contribution is 2.28. The molecule has 0 atom stereocenters. The van der Waals surface area contributed by atoms with Gasteiger partial charge in [0, 0.05) is 11.1 Å². The number of benzene rings is 2. The Hall–Kier alpha value is -5.56. The monoisotopic (exact) mass is 626 g/mol. The summed E-state index contributed by atoms with van der Waals surface area (Å²) in [6.45, 7) is 4.18. The molecule has 0 aliphatic carbocycles. The van der Waals surface area contributed by atoms with Crippen LogP contribution in [0, 0.1) is 23.7 Å². The van der Waals surface area contributed by atoms with E-state index in [-0.39, 0.29) is 11.1 Å². The van der Waals surface area contributed by atoms with Gasteiger partial charge in [0.05, 0.1) is 20.9 Å². The molecule has 0 saturated heterocycles. The Labute approximate surface area is 262 Å². The fraction of sp³-hybridized carbons (Fsp3) is 0.125. The molecule has 0 radical (unpaired) electrons. The van der Waals surface area contributed by atoms with Gasteiger partial charge in [-0.05, 0) is 60.4 Å². The minimum Gasteiger partial charge on any atom is -0.366 e. The van der Waals surface area contributed by atoms with E-state index in [9.17, 15) is 19.2 Å². The topological polar surface area (TPSA) is 196 Å². The second-order valence-electron chi connectivity index (χ2n) is 9.01. The van der Waals surface area contributed by atoms with E-state index >= 15 is 0 Å². The minimum absolute atomic E-state index is 0.203. The van der Waals surface area contributed by atoms with Crippen molar-refractivity contribution in [2.24, 2.45) is 22.9 Å². The first-order chi connectivity index (χ1) is 21.0. The predicted octanol–water partition coefficient (Wildman–Crippen LogP) is 4.60. The number of amides is 6. The number of nitrogens with one attached hydrogen (secondary N) is 2. The summed E-state index contributed by atoms with van der Waals surface area (Å²) in [6.07, 6.45) is 1.95. The largest absolute Gasteiger partial charge is 0.366 e. The Kier molecular flexibility index (Phi) is 11.7. The molecule has 10 N–H and O–H groups in total. The lowest BCUT2D eigenvalue weighted by molar-refractivity contribution is 0.0993. The van der Waals surface area contributed by atoms with E-state index < -0.39 is 23.9 Å². The Morgan fingerprint density at radius 3 is 1.20 bits per heavy atom. The first-order valence-corrected chi connectivity index (χ1v) is 14.8. The molecule has 12 heteroatoms. The summed E-state index contributed by atoms with van der Waals surface area (Å²) >= 11 is 2.31. The Morgan fingerprint density at radius 2 is 0.932 bits per heavy atom. The lowest BCUT2D eigenvalue weighted by Crippen LogP contribution is -2.21. The maximum absolute atomic E-state index is 11.3. The number of anilines is 2. The van der Waals surface area contributed by atoms with Crippen LogP contribution in [0.15, 0.2) is 60.7 Å². The maximum atomic E-state index is 11.3. The number of hydrogen-bond donors (Lipinski definition) is 6. The van der Waals surface area contributed by atoms with E-state index in [1.54, 1.807) is 12.1 Å². The van der Waals surface area contributed by atoms with Gasteiger partial charge in [0.15, 0.2) is 0 Å². The van der Waals surface area contributed by atoms with Gasteiger partial charge < -0.3 is 22.9 Å². The van der Waals surface area contributed by atoms with Gasteiger partial charge in [-0.1, -0.05) is 61.8 Å². The highest BCUT2D eigenvalue weighted by atomic mass is 32.1. The summed E-state index contributed by atoms with van der Waals surface area (Å²) in [5, 5.41) is 5.38. The highest BCUT2D eigenvalue weighted by molar-refractivity contribution is 7.17. The summed E-state index contributed by atoms with van der Waals surface area (Å²) in [7, 11) is 0. The van der Waals surface area contributed by atoms with Crippen molar-refractivity contribution < 1.29 is 19.2 Å². The van der Waals surface area contributed by atoms with Gasteiger partial charge in [0.25, 0.3) is 11.8 Å². The third-order valence-corrected chi connectivity index (χ3v) is 7.78. The van der Waals surface area contributed by atoms with Crippen LogP contribution in [0.1, 0.15) is 66.6 Å². The average Bonchev–Trinajstić information content (AvgIpc) is 3.59. The molecule has 0 aliphatic rings. The average molecular weight is 627 g/mol. The van der Waals surface area contributed by atoms with Crippen molar-refractivity contribution in [3.63, 3.8) is 0 Å². The van der Waals surface area contributed by atoms with E-state index in [0.29, 0.717) is 19.8 Å². The van der Waals surface area contributed by atoms with E-state index in [0.717, 1.165) is 46.6 Å². The fourth-order valence-corrected chi connectivity index (χ4v) is 5.44. The molecular weight excluding hydrogens is 597 g/mol. The van der Waals surface area contributed by atoms with Crippen LogP contribution in [-0.4, -0.2) is 23.9 Å². The first-order valence-electron chi connectivity index (χ1n) is 13.2. The van der Waals surface area contributed by atoms with Crippen LogP contribution in [0.25, 0.3) is 0 Å². The van der Waals surface area contributed by atoms with E-state index in [1.807, 2.05) is 48.5 Å². The van der Waals surface area contributed by atoms with Crippen LogP contribution < -0.4 is 33.6 Å². The molecule has 0 unspecified atom stereocenters. The van der Waals surface area contributed by atoms with Crippen LogP contribution in [0.4, 0.5) is 19.6 Å². The number of rotatable bonds is 6. The fourth-order valence-electron chi connectivity index (χ4n) is 3.60. The molecule has 0 aliphatic heterocycles. The Morgan fingerprint density at radius 1 is 0.591 bits per heavy atom. The SMILES string of the molecule is CCc1ccc(C#Cc2cc(C(N)=O)c(NC(N)=O)s2)cc1.CCc1ccc(C#Cc2cc(C(N)=O)c(NC(N)=O)s2)cc1. The second-order valence-corrected chi connectivity index (χ2v) is 11.1. The molecule has 4 aromatic rings. The lowest BCUT2D eigenvalue weighted by atomic mass is 10.1. The maximum Gasteiger partial charge on any atom is 0.317 e. The molecule has 224 valence electrons. The quantitative estimate of drug-likeness (QED) is 0.170. The van der Waals surface area contributed by atoms with Gasteiger partial charge in [0.2, 0.25) is 0 Å². The molecule has 2 heterocycles. The summed E-state index contributed by atoms with van der Waals surface area (Å²) < 4.78 is 0. The standard InChI is InChI=1S/2C16H15N3O2S/c2*1-2-10-3-5-11(6-4-10)7-8-12-9-13(14(17)20)15(22-12)19-16(18)21/h2*3-6,9H,2H2,1H3,(H2,17,20)(H3,18,19,21). The molecule has 6 amide bonds. The molecule has 44 heavy (non-hydrogen) atoms. The molecule has 2 aromatic carbocycles. The summed E-state index contributed by atoms with van der Waals surface area (Å²) in [5.41, 5.74) is 25.3. The Bertz CT molecular complexity index is 1670. The summed E-state index contributed by atoms with van der Waals surface area (Å²) in [6, 6.07) is 17.4. The zero-order valence-electron chi connectivity index (χ0n) is 23.9. The van der Waals surface area contributed by atoms with Crippen molar-refractivity contribution in [3.8, 4) is 23.7 Å². The van der Waals surface area contributed by atoms with Crippen LogP contribution in [0.5, 0.6) is 0 Å². The van der Waals surface area contributed by atoms with Crippen molar-refractivity contribution in [2.45, 2.75) is 26.7 Å². The smallest absolute Gasteiger partial charge is 0.317 e. The number of thiophene rings is 2. The van der Waals surface area contributed by atoms with Gasteiger partial charge in [0.1, 0.15) is 10.0 Å². The van der Waals surface area contributed by atoms with Crippen molar-refractivity contribution in [1.29, 1.82) is 0 Å². The minimum atomic E-state index is -0.751. The zero-order valence-corrected chi connectivity index (χ0v) is 25.6. The second kappa shape index (κ2) is 15.6. The number of carbonyl (C=O) groups excluding carboxylic acids is 4. The number of urea groups is 2. The van der Waals surface area contributed by atoms with Crippen LogP contribution >= 0.6 is 22.7 Å². The van der Waals surface area contributed by atoms with Crippen LogP contribution in [0.3, 0.4) is 0 Å². The molecule has 4 rings (SSSR count). The summed E-state index contributed by atoms with van der Waals surface area (Å²) in [4.78, 5) is 45.8. The van der Waals surface area contributed by atoms with Crippen molar-refractivity contribution in [2.75, 3.05) is 10.6 Å². The molecule has 10 nitrogen and oxygen atoms in total. The van der Waals surface area contributed by atoms with E-state index in [4.69, 9.17) is 22.9 Å². The van der Waals surface area contributed by atoms with Crippen molar-refractivity contribution in [3.05, 3.63) is 104 Å². The zero-order chi connectivity index (χ0) is 32.2. The van der Waals surface area contributed by atoms with E-state index in [2.05, 4.69) is 48.2 Å². The molecule has 2 aromatic heterocycles. The third kappa shape index (κ3) is 9.77. The molecule has 0 spiro atoms. The molecular formula is C32H30N6O4S2. The van der Waals surface area contributed by atoms with Gasteiger partial charge in [-0.2, -0.15) is 0 Å². The molecule has 0 fully saturated rings. The number of hydrogen-bond acceptors (Lipinski definition) is 6. The Balaban J connectivity index is 0.000000240. The lowest BCUT2D eigenvalue weighted by Gasteiger charge is -1.98. The number of primary amides is 4.